The van der Waals surface area contributed by atoms with Crippen LogP contribution in [0.5, 0.6) is 0 Å². The number of benzene rings is 1. The van der Waals surface area contributed by atoms with Gasteiger partial charge in [0, 0.05) is 40.3 Å². The maximum Gasteiger partial charge on any atom is 0.125 e. The molecule has 2 heterocycles. The standard InChI is InChI=1S/C13H11ClN2S/c14-6-5-9-8-17-13(16-9)11-7-15-12-4-2-1-3-10(11)12/h1-4,7-8,15H,5-6H2. The van der Waals surface area contributed by atoms with Crippen LogP contribution in [-0.2, 0) is 6.42 Å². The smallest absolute Gasteiger partial charge is 0.125 e. The molecule has 0 aliphatic heterocycles. The second-order valence-corrected chi connectivity index (χ2v) is 5.07. The average molecular weight is 263 g/mol. The lowest BCUT2D eigenvalue weighted by atomic mass is 10.2. The van der Waals surface area contributed by atoms with E-state index in [1.165, 1.54) is 10.9 Å². The summed E-state index contributed by atoms with van der Waals surface area (Å²) in [6.45, 7) is 0. The molecule has 1 aromatic carbocycles. The fourth-order valence-corrected chi connectivity index (χ4v) is 2.97. The number of fused-ring (bicyclic) bond motifs is 1. The van der Waals surface area contributed by atoms with E-state index in [1.54, 1.807) is 11.3 Å². The second kappa shape index (κ2) is 4.51. The Balaban J connectivity index is 2.07. The summed E-state index contributed by atoms with van der Waals surface area (Å²) in [6, 6.07) is 8.27. The molecule has 0 unspecified atom stereocenters. The molecule has 1 N–H and O–H groups in total. The molecule has 0 saturated carbocycles. The van der Waals surface area contributed by atoms with Crippen LogP contribution in [0.2, 0.25) is 0 Å². The molecule has 86 valence electrons. The minimum atomic E-state index is 0.622. The number of nitrogens with zero attached hydrogens (tertiary/aromatic N) is 1. The van der Waals surface area contributed by atoms with E-state index in [0.717, 1.165) is 22.6 Å². The summed E-state index contributed by atoms with van der Waals surface area (Å²) in [6.07, 6.45) is 2.86. The molecule has 0 fully saturated rings. The fourth-order valence-electron chi connectivity index (χ4n) is 1.89. The average Bonchev–Trinajstić information content (AvgIpc) is 2.95. The van der Waals surface area contributed by atoms with Gasteiger partial charge in [0.1, 0.15) is 5.01 Å². The first-order valence-electron chi connectivity index (χ1n) is 5.45. The Morgan fingerprint density at radius 3 is 3.06 bits per heavy atom. The van der Waals surface area contributed by atoms with E-state index in [1.807, 2.05) is 18.3 Å². The highest BCUT2D eigenvalue weighted by Crippen LogP contribution is 2.30. The minimum Gasteiger partial charge on any atom is -0.360 e. The molecule has 0 amide bonds. The molecule has 4 heteroatoms. The van der Waals surface area contributed by atoms with Gasteiger partial charge in [-0.1, -0.05) is 18.2 Å². The number of para-hydroxylation sites is 1. The molecule has 0 bridgehead atoms. The number of hydrogen-bond acceptors (Lipinski definition) is 2. The summed E-state index contributed by atoms with van der Waals surface area (Å²) < 4.78 is 0. The molecule has 17 heavy (non-hydrogen) atoms. The molecule has 0 aliphatic rings. The van der Waals surface area contributed by atoms with E-state index in [4.69, 9.17) is 11.6 Å². The van der Waals surface area contributed by atoms with Crippen molar-refractivity contribution in [3.8, 4) is 10.6 Å². The first-order valence-corrected chi connectivity index (χ1v) is 6.87. The van der Waals surface area contributed by atoms with Gasteiger partial charge in [0.2, 0.25) is 0 Å². The van der Waals surface area contributed by atoms with Crippen LogP contribution in [0.25, 0.3) is 21.5 Å². The lowest BCUT2D eigenvalue weighted by Gasteiger charge is -1.93. The van der Waals surface area contributed by atoms with Crippen molar-refractivity contribution in [1.29, 1.82) is 0 Å². The number of alkyl halides is 1. The first-order chi connectivity index (χ1) is 8.38. The van der Waals surface area contributed by atoms with Gasteiger partial charge in [0.25, 0.3) is 0 Å². The Bertz CT molecular complexity index is 641. The number of halogens is 1. The Morgan fingerprint density at radius 2 is 2.18 bits per heavy atom. The molecule has 3 aromatic rings. The lowest BCUT2D eigenvalue weighted by molar-refractivity contribution is 1.07. The van der Waals surface area contributed by atoms with Crippen molar-refractivity contribution >= 4 is 33.8 Å². The van der Waals surface area contributed by atoms with Gasteiger partial charge in [-0.2, -0.15) is 0 Å². The Kier molecular flexibility index (Phi) is 2.87. The summed E-state index contributed by atoms with van der Waals surface area (Å²) in [4.78, 5) is 7.88. The third kappa shape index (κ3) is 1.96. The van der Waals surface area contributed by atoms with Crippen LogP contribution in [0, 0.1) is 0 Å². The number of nitrogens with one attached hydrogen (secondary N) is 1. The second-order valence-electron chi connectivity index (χ2n) is 3.83. The minimum absolute atomic E-state index is 0.622. The third-order valence-corrected chi connectivity index (χ3v) is 3.84. The van der Waals surface area contributed by atoms with Gasteiger partial charge in [0.05, 0.1) is 5.69 Å². The van der Waals surface area contributed by atoms with Crippen molar-refractivity contribution in [3.63, 3.8) is 0 Å². The van der Waals surface area contributed by atoms with Crippen LogP contribution >= 0.6 is 22.9 Å². The predicted octanol–water partition coefficient (Wildman–Crippen LogP) is 4.07. The molecule has 0 saturated heterocycles. The van der Waals surface area contributed by atoms with Gasteiger partial charge in [-0.15, -0.1) is 22.9 Å². The molecule has 0 spiro atoms. The maximum atomic E-state index is 5.72. The Hall–Kier alpha value is -1.32. The Morgan fingerprint density at radius 1 is 1.29 bits per heavy atom. The molecule has 0 radical (unpaired) electrons. The van der Waals surface area contributed by atoms with E-state index in [-0.39, 0.29) is 0 Å². The number of rotatable bonds is 3. The van der Waals surface area contributed by atoms with Gasteiger partial charge in [-0.05, 0) is 6.07 Å². The normalized spacial score (nSPS) is 11.1. The van der Waals surface area contributed by atoms with Crippen LogP contribution in [0.1, 0.15) is 5.69 Å². The molecule has 0 atom stereocenters. The van der Waals surface area contributed by atoms with Crippen molar-refractivity contribution in [2.45, 2.75) is 6.42 Å². The summed E-state index contributed by atoms with van der Waals surface area (Å²) in [7, 11) is 0. The van der Waals surface area contributed by atoms with Crippen LogP contribution in [0.3, 0.4) is 0 Å². The number of hydrogen-bond donors (Lipinski definition) is 1. The molecule has 2 nitrogen and oxygen atoms in total. The van der Waals surface area contributed by atoms with E-state index >= 15 is 0 Å². The summed E-state index contributed by atoms with van der Waals surface area (Å²) in [5.74, 6) is 0.622. The van der Waals surface area contributed by atoms with Crippen LogP contribution in [0.4, 0.5) is 0 Å². The monoisotopic (exact) mass is 262 g/mol. The van der Waals surface area contributed by atoms with Gasteiger partial charge < -0.3 is 4.98 Å². The van der Waals surface area contributed by atoms with E-state index in [2.05, 4.69) is 27.5 Å². The van der Waals surface area contributed by atoms with Crippen LogP contribution in [-0.4, -0.2) is 15.8 Å². The van der Waals surface area contributed by atoms with Crippen LogP contribution < -0.4 is 0 Å². The van der Waals surface area contributed by atoms with E-state index in [9.17, 15) is 0 Å². The summed E-state index contributed by atoms with van der Waals surface area (Å²) in [5.41, 5.74) is 3.40. The van der Waals surface area contributed by atoms with Crippen molar-refractivity contribution in [3.05, 3.63) is 41.5 Å². The molecule has 0 aliphatic carbocycles. The van der Waals surface area contributed by atoms with Gasteiger partial charge in [0.15, 0.2) is 0 Å². The highest BCUT2D eigenvalue weighted by Gasteiger charge is 2.09. The SMILES string of the molecule is ClCCc1csc(-c2c[nH]c3ccccc23)n1. The highest BCUT2D eigenvalue weighted by molar-refractivity contribution is 7.13. The highest BCUT2D eigenvalue weighted by atomic mass is 35.5. The number of aryl methyl sites for hydroxylation is 1. The van der Waals surface area contributed by atoms with Gasteiger partial charge >= 0.3 is 0 Å². The Labute approximate surface area is 108 Å². The largest absolute Gasteiger partial charge is 0.360 e. The van der Waals surface area contributed by atoms with Crippen molar-refractivity contribution in [1.82, 2.24) is 9.97 Å². The first kappa shape index (κ1) is 10.8. The third-order valence-electron chi connectivity index (χ3n) is 2.72. The summed E-state index contributed by atoms with van der Waals surface area (Å²) in [5, 5.41) is 4.36. The number of H-pyrrole nitrogens is 1. The van der Waals surface area contributed by atoms with Gasteiger partial charge in [-0.25, -0.2) is 4.98 Å². The quantitative estimate of drug-likeness (QED) is 0.708. The summed E-state index contributed by atoms with van der Waals surface area (Å²) >= 11 is 7.40. The zero-order valence-electron chi connectivity index (χ0n) is 9.11. The molecule has 3 rings (SSSR count). The van der Waals surface area contributed by atoms with Crippen LogP contribution in [0.15, 0.2) is 35.8 Å². The fraction of sp³-hybridized carbons (Fsp3) is 0.154. The zero-order chi connectivity index (χ0) is 11.7. The molecular formula is C13H11ClN2S. The lowest BCUT2D eigenvalue weighted by Crippen LogP contribution is -1.85. The topological polar surface area (TPSA) is 28.7 Å². The van der Waals surface area contributed by atoms with E-state index < -0.39 is 0 Å². The van der Waals surface area contributed by atoms with Crippen molar-refractivity contribution < 1.29 is 0 Å². The number of aromatic amines is 1. The van der Waals surface area contributed by atoms with Crippen molar-refractivity contribution in [2.75, 3.05) is 5.88 Å². The molecular weight excluding hydrogens is 252 g/mol. The molecule has 2 aromatic heterocycles. The number of thiazole rings is 1. The maximum absolute atomic E-state index is 5.72. The van der Waals surface area contributed by atoms with Crippen molar-refractivity contribution in [2.24, 2.45) is 0 Å². The number of aromatic nitrogens is 2. The van der Waals surface area contributed by atoms with Gasteiger partial charge in [-0.3, -0.25) is 0 Å². The zero-order valence-corrected chi connectivity index (χ0v) is 10.7. The predicted molar refractivity (Wildman–Crippen MR) is 73.8 cm³/mol. The van der Waals surface area contributed by atoms with E-state index in [0.29, 0.717) is 5.88 Å².